The normalized spacial score (nSPS) is 34.7. The average molecular weight is 419 g/mol. The molecule has 1 aromatic carbocycles. The zero-order valence-corrected chi connectivity index (χ0v) is 16.3. The first-order valence-corrected chi connectivity index (χ1v) is 9.20. The number of hydrogen-bond acceptors (Lipinski definition) is 2. The van der Waals surface area contributed by atoms with Gasteiger partial charge in [0.2, 0.25) is 5.91 Å². The first-order chi connectivity index (χ1) is 10.6. The molecule has 0 saturated heterocycles. The van der Waals surface area contributed by atoms with Crippen molar-refractivity contribution in [2.75, 3.05) is 5.32 Å². The molecule has 2 bridgehead atoms. The number of carbonyl (C=O) groups excluding carboxylic acids is 2. The maximum Gasteiger partial charge on any atom is 0.232 e. The van der Waals surface area contributed by atoms with Gasteiger partial charge < -0.3 is 5.32 Å². The average Bonchev–Trinajstić information content (AvgIpc) is 2.75. The first kappa shape index (κ1) is 17.2. The van der Waals surface area contributed by atoms with Crippen LogP contribution in [-0.2, 0) is 9.59 Å². The Hall–Kier alpha value is -0.580. The third-order valence-electron chi connectivity index (χ3n) is 6.30. The zero-order valence-electron chi connectivity index (χ0n) is 13.2. The highest BCUT2D eigenvalue weighted by Gasteiger charge is 2.76. The molecule has 0 heterocycles. The fourth-order valence-corrected chi connectivity index (χ4v) is 6.08. The number of benzene rings is 1. The Morgan fingerprint density at radius 2 is 1.87 bits per heavy atom. The van der Waals surface area contributed by atoms with Crippen LogP contribution in [-0.4, -0.2) is 16.5 Å². The summed E-state index contributed by atoms with van der Waals surface area (Å²) in [6.45, 7) is 6.02. The lowest BCUT2D eigenvalue weighted by molar-refractivity contribution is -0.130. The molecular formula is C17H18BrCl2NO2. The number of anilines is 1. The molecular weight excluding hydrogens is 401 g/mol. The van der Waals surface area contributed by atoms with Crippen LogP contribution in [0.15, 0.2) is 18.2 Å². The minimum atomic E-state index is -0.759. The van der Waals surface area contributed by atoms with E-state index in [4.69, 9.17) is 23.2 Å². The monoisotopic (exact) mass is 417 g/mol. The van der Waals surface area contributed by atoms with Crippen molar-refractivity contribution in [2.45, 2.75) is 38.4 Å². The van der Waals surface area contributed by atoms with Crippen LogP contribution in [0.1, 0.15) is 33.6 Å². The highest BCUT2D eigenvalue weighted by Crippen LogP contribution is 2.72. The van der Waals surface area contributed by atoms with E-state index < -0.39 is 21.1 Å². The summed E-state index contributed by atoms with van der Waals surface area (Å²) in [6, 6.07) is 4.98. The SMILES string of the molecule is CC1(C)[C@@]2(C)CC[C@]1(C(=O)Nc1ccc(Cl)c(Cl)c1)[C@@H](Br)C2=O. The second-order valence-electron chi connectivity index (χ2n) is 7.24. The highest BCUT2D eigenvalue weighted by atomic mass is 79.9. The summed E-state index contributed by atoms with van der Waals surface area (Å²) >= 11 is 15.4. The smallest absolute Gasteiger partial charge is 0.232 e. The van der Waals surface area contributed by atoms with Gasteiger partial charge in [-0.1, -0.05) is 59.9 Å². The number of ketones is 1. The quantitative estimate of drug-likeness (QED) is 0.679. The summed E-state index contributed by atoms with van der Waals surface area (Å²) in [5, 5.41) is 3.75. The van der Waals surface area contributed by atoms with E-state index in [-0.39, 0.29) is 11.7 Å². The maximum absolute atomic E-state index is 13.1. The minimum absolute atomic E-state index is 0.123. The molecule has 1 amide bonds. The van der Waals surface area contributed by atoms with Crippen LogP contribution in [0.5, 0.6) is 0 Å². The van der Waals surface area contributed by atoms with Crippen molar-refractivity contribution < 1.29 is 9.59 Å². The number of fused-ring (bicyclic) bond motifs is 2. The maximum atomic E-state index is 13.1. The third-order valence-corrected chi connectivity index (χ3v) is 8.24. The summed E-state index contributed by atoms with van der Waals surface area (Å²) < 4.78 is 0. The van der Waals surface area contributed by atoms with Crippen molar-refractivity contribution in [3.05, 3.63) is 28.2 Å². The Balaban J connectivity index is 1.98. The number of hydrogen-bond donors (Lipinski definition) is 1. The predicted octanol–water partition coefficient (Wildman–Crippen LogP) is 5.09. The number of nitrogens with one attached hydrogen (secondary N) is 1. The largest absolute Gasteiger partial charge is 0.325 e. The summed E-state index contributed by atoms with van der Waals surface area (Å²) in [7, 11) is 0. The number of carbonyl (C=O) groups is 2. The molecule has 0 aromatic heterocycles. The highest BCUT2D eigenvalue weighted by molar-refractivity contribution is 9.10. The van der Waals surface area contributed by atoms with Gasteiger partial charge in [-0.15, -0.1) is 0 Å². The standard InChI is InChI=1S/C17H18BrCl2NO2/c1-15(2)16(3)6-7-17(15,12(18)13(16)22)14(23)21-9-4-5-10(19)11(20)8-9/h4-5,8,12H,6-7H2,1-3H3,(H,21,23)/t12-,16-,17+/m0/s1. The Morgan fingerprint density at radius 1 is 1.22 bits per heavy atom. The summed E-state index contributed by atoms with van der Waals surface area (Å²) in [5.41, 5.74) is -1.07. The van der Waals surface area contributed by atoms with Crippen LogP contribution in [0.25, 0.3) is 0 Å². The van der Waals surface area contributed by atoms with Crippen molar-refractivity contribution in [1.82, 2.24) is 0 Å². The number of Topliss-reactive ketones (excluding diaryl/α,β-unsaturated/α-hetero) is 1. The summed E-state index contributed by atoms with van der Waals surface area (Å²) in [6.07, 6.45) is 1.42. The number of alkyl halides is 1. The molecule has 1 aromatic rings. The van der Waals surface area contributed by atoms with Crippen LogP contribution in [0.4, 0.5) is 5.69 Å². The summed E-state index contributed by atoms with van der Waals surface area (Å²) in [4.78, 5) is 25.4. The van der Waals surface area contributed by atoms with Gasteiger partial charge in [-0.05, 0) is 36.5 Å². The minimum Gasteiger partial charge on any atom is -0.325 e. The van der Waals surface area contributed by atoms with E-state index in [0.717, 1.165) is 6.42 Å². The van der Waals surface area contributed by atoms with E-state index in [9.17, 15) is 9.59 Å². The van der Waals surface area contributed by atoms with Gasteiger partial charge in [0.05, 0.1) is 20.3 Å². The van der Waals surface area contributed by atoms with Crippen molar-refractivity contribution in [2.24, 2.45) is 16.2 Å². The molecule has 0 spiro atoms. The Kier molecular flexibility index (Phi) is 3.90. The fourth-order valence-electron chi connectivity index (χ4n) is 4.27. The van der Waals surface area contributed by atoms with E-state index in [0.29, 0.717) is 22.2 Å². The van der Waals surface area contributed by atoms with Crippen LogP contribution in [0.3, 0.4) is 0 Å². The lowest BCUT2D eigenvalue weighted by Gasteiger charge is -2.39. The van der Waals surface area contributed by atoms with Crippen molar-refractivity contribution in [1.29, 1.82) is 0 Å². The second-order valence-corrected chi connectivity index (χ2v) is 8.97. The van der Waals surface area contributed by atoms with Crippen LogP contribution >= 0.6 is 39.1 Å². The number of halogens is 3. The van der Waals surface area contributed by atoms with Gasteiger partial charge in [0.1, 0.15) is 0 Å². The fraction of sp³-hybridized carbons (Fsp3) is 0.529. The molecule has 3 rings (SSSR count). The molecule has 2 saturated carbocycles. The van der Waals surface area contributed by atoms with Gasteiger partial charge in [0, 0.05) is 11.1 Å². The Morgan fingerprint density at radius 3 is 2.39 bits per heavy atom. The molecule has 23 heavy (non-hydrogen) atoms. The lowest BCUT2D eigenvalue weighted by atomic mass is 9.64. The van der Waals surface area contributed by atoms with E-state index in [1.54, 1.807) is 18.2 Å². The van der Waals surface area contributed by atoms with E-state index in [1.165, 1.54) is 0 Å². The molecule has 0 radical (unpaired) electrons. The molecule has 1 N–H and O–H groups in total. The van der Waals surface area contributed by atoms with Gasteiger partial charge in [-0.3, -0.25) is 9.59 Å². The van der Waals surface area contributed by atoms with Gasteiger partial charge in [0.25, 0.3) is 0 Å². The van der Waals surface area contributed by atoms with Crippen LogP contribution in [0.2, 0.25) is 10.0 Å². The molecule has 6 heteroatoms. The predicted molar refractivity (Wildman–Crippen MR) is 96.4 cm³/mol. The third kappa shape index (κ3) is 2.01. The van der Waals surface area contributed by atoms with E-state index >= 15 is 0 Å². The van der Waals surface area contributed by atoms with Gasteiger partial charge in [0.15, 0.2) is 5.78 Å². The van der Waals surface area contributed by atoms with Crippen molar-refractivity contribution in [3.63, 3.8) is 0 Å². The van der Waals surface area contributed by atoms with E-state index in [2.05, 4.69) is 21.2 Å². The first-order valence-electron chi connectivity index (χ1n) is 7.53. The van der Waals surface area contributed by atoms with E-state index in [1.807, 2.05) is 20.8 Å². The molecule has 0 unspecified atom stereocenters. The van der Waals surface area contributed by atoms with Crippen molar-refractivity contribution in [3.8, 4) is 0 Å². The number of amides is 1. The van der Waals surface area contributed by atoms with Gasteiger partial charge in [-0.2, -0.15) is 0 Å². The summed E-state index contributed by atoms with van der Waals surface area (Å²) in [5.74, 6) is -0.0182. The van der Waals surface area contributed by atoms with Gasteiger partial charge in [-0.25, -0.2) is 0 Å². The van der Waals surface area contributed by atoms with Crippen molar-refractivity contribution >= 4 is 56.5 Å². The Bertz CT molecular complexity index is 721. The molecule has 3 atom stereocenters. The van der Waals surface area contributed by atoms with Crippen LogP contribution in [0, 0.1) is 16.2 Å². The molecule has 2 aliphatic rings. The molecule has 0 aliphatic heterocycles. The molecule has 124 valence electrons. The Labute approximate surface area is 154 Å². The van der Waals surface area contributed by atoms with Gasteiger partial charge >= 0.3 is 0 Å². The topological polar surface area (TPSA) is 46.2 Å². The molecule has 2 fully saturated rings. The lowest BCUT2D eigenvalue weighted by Crippen LogP contribution is -2.47. The second kappa shape index (κ2) is 5.21. The molecule has 3 nitrogen and oxygen atoms in total. The molecule has 2 aliphatic carbocycles. The zero-order chi connectivity index (χ0) is 17.2. The number of rotatable bonds is 2. The van der Waals surface area contributed by atoms with Crippen LogP contribution < -0.4 is 5.32 Å².